The summed E-state index contributed by atoms with van der Waals surface area (Å²) in [6.45, 7) is 1.94. The molecular formula is C20H21ClN4O3. The second-order valence-corrected chi connectivity index (χ2v) is 7.12. The molecule has 1 saturated heterocycles. The van der Waals surface area contributed by atoms with Gasteiger partial charge in [-0.15, -0.1) is 0 Å². The molecular weight excluding hydrogens is 380 g/mol. The molecule has 7 nitrogen and oxygen atoms in total. The quantitative estimate of drug-likeness (QED) is 0.688. The zero-order valence-corrected chi connectivity index (χ0v) is 16.1. The molecule has 1 N–H and O–H groups in total. The van der Waals surface area contributed by atoms with Crippen molar-refractivity contribution in [3.05, 3.63) is 53.6 Å². The number of hydrogen-bond donors (Lipinski definition) is 1. The van der Waals surface area contributed by atoms with Crippen LogP contribution in [-0.2, 0) is 16.0 Å². The SMILES string of the molecule is O=C(CCc1nc2ccccc2[nH]1)N1CCOC(COc2cncc(Cl)c2)C1. The highest BCUT2D eigenvalue weighted by Crippen LogP contribution is 2.17. The first-order chi connectivity index (χ1) is 13.7. The molecule has 1 fully saturated rings. The molecule has 1 aliphatic rings. The standard InChI is InChI=1S/C20H21ClN4O3/c21-14-9-15(11-22-10-14)28-13-16-12-25(7-8-27-16)20(26)6-5-19-23-17-3-1-2-4-18(17)24-19/h1-4,9-11,16H,5-8,12-13H2,(H,23,24). The Bertz CT molecular complexity index is 928. The van der Waals surface area contributed by atoms with Gasteiger partial charge in [-0.05, 0) is 12.1 Å². The van der Waals surface area contributed by atoms with Crippen molar-refractivity contribution in [2.24, 2.45) is 0 Å². The lowest BCUT2D eigenvalue weighted by molar-refractivity contribution is -0.139. The average molecular weight is 401 g/mol. The summed E-state index contributed by atoms with van der Waals surface area (Å²) in [4.78, 5) is 26.2. The van der Waals surface area contributed by atoms with Gasteiger partial charge < -0.3 is 19.4 Å². The Morgan fingerprint density at radius 3 is 3.11 bits per heavy atom. The fraction of sp³-hybridized carbons (Fsp3) is 0.350. The van der Waals surface area contributed by atoms with Crippen molar-refractivity contribution in [2.75, 3.05) is 26.3 Å². The van der Waals surface area contributed by atoms with E-state index < -0.39 is 0 Å². The number of H-pyrrole nitrogens is 1. The minimum Gasteiger partial charge on any atom is -0.489 e. The number of para-hydroxylation sites is 2. The number of morpholine rings is 1. The third kappa shape index (κ3) is 4.61. The van der Waals surface area contributed by atoms with Gasteiger partial charge in [0.2, 0.25) is 5.91 Å². The number of fused-ring (bicyclic) bond motifs is 1. The Morgan fingerprint density at radius 2 is 2.25 bits per heavy atom. The number of nitrogens with zero attached hydrogens (tertiary/aromatic N) is 3. The van der Waals surface area contributed by atoms with E-state index in [1.54, 1.807) is 18.5 Å². The summed E-state index contributed by atoms with van der Waals surface area (Å²) in [5.74, 6) is 1.51. The monoisotopic (exact) mass is 400 g/mol. The van der Waals surface area contributed by atoms with Crippen LogP contribution in [0.5, 0.6) is 5.75 Å². The number of rotatable bonds is 6. The lowest BCUT2D eigenvalue weighted by atomic mass is 10.2. The van der Waals surface area contributed by atoms with Crippen LogP contribution in [0.3, 0.4) is 0 Å². The lowest BCUT2D eigenvalue weighted by Gasteiger charge is -2.32. The van der Waals surface area contributed by atoms with Crippen LogP contribution in [0.25, 0.3) is 11.0 Å². The molecule has 1 unspecified atom stereocenters. The summed E-state index contributed by atoms with van der Waals surface area (Å²) < 4.78 is 11.4. The molecule has 0 saturated carbocycles. The normalized spacial score (nSPS) is 17.0. The van der Waals surface area contributed by atoms with Gasteiger partial charge in [-0.2, -0.15) is 0 Å². The molecule has 1 aromatic carbocycles. The van der Waals surface area contributed by atoms with E-state index in [4.69, 9.17) is 21.1 Å². The van der Waals surface area contributed by atoms with Crippen LogP contribution in [0.2, 0.25) is 5.02 Å². The van der Waals surface area contributed by atoms with Gasteiger partial charge in [0.15, 0.2) is 0 Å². The molecule has 0 spiro atoms. The molecule has 4 rings (SSSR count). The topological polar surface area (TPSA) is 80.3 Å². The Balaban J connectivity index is 1.28. The lowest BCUT2D eigenvalue weighted by Crippen LogP contribution is -2.47. The summed E-state index contributed by atoms with van der Waals surface area (Å²) in [6, 6.07) is 9.56. The maximum absolute atomic E-state index is 12.6. The van der Waals surface area contributed by atoms with E-state index in [9.17, 15) is 4.79 Å². The molecule has 1 amide bonds. The number of amides is 1. The maximum Gasteiger partial charge on any atom is 0.223 e. The van der Waals surface area contributed by atoms with Gasteiger partial charge >= 0.3 is 0 Å². The summed E-state index contributed by atoms with van der Waals surface area (Å²) in [6.07, 6.45) is 3.97. The van der Waals surface area contributed by atoms with E-state index in [1.165, 1.54) is 0 Å². The van der Waals surface area contributed by atoms with Crippen molar-refractivity contribution in [3.8, 4) is 5.75 Å². The zero-order chi connectivity index (χ0) is 19.3. The van der Waals surface area contributed by atoms with Crippen molar-refractivity contribution in [3.63, 3.8) is 0 Å². The van der Waals surface area contributed by atoms with Gasteiger partial charge in [0.05, 0.1) is 35.4 Å². The fourth-order valence-electron chi connectivity index (χ4n) is 3.21. The number of carbonyl (C=O) groups is 1. The second-order valence-electron chi connectivity index (χ2n) is 6.68. The molecule has 146 valence electrons. The predicted molar refractivity (Wildman–Crippen MR) is 105 cm³/mol. The van der Waals surface area contributed by atoms with Crippen molar-refractivity contribution < 1.29 is 14.3 Å². The minimum atomic E-state index is -0.178. The van der Waals surface area contributed by atoms with Gasteiger partial charge in [-0.3, -0.25) is 9.78 Å². The fourth-order valence-corrected chi connectivity index (χ4v) is 3.38. The Kier molecular flexibility index (Phi) is 5.73. The third-order valence-electron chi connectivity index (χ3n) is 4.62. The number of benzene rings is 1. The number of imidazole rings is 1. The molecule has 1 aliphatic heterocycles. The molecule has 0 radical (unpaired) electrons. The molecule has 0 bridgehead atoms. The van der Waals surface area contributed by atoms with Crippen LogP contribution in [0, 0.1) is 0 Å². The number of aryl methyl sites for hydroxylation is 1. The smallest absolute Gasteiger partial charge is 0.223 e. The number of pyridine rings is 1. The first-order valence-electron chi connectivity index (χ1n) is 9.24. The first-order valence-corrected chi connectivity index (χ1v) is 9.61. The summed E-state index contributed by atoms with van der Waals surface area (Å²) >= 11 is 5.91. The summed E-state index contributed by atoms with van der Waals surface area (Å²) in [7, 11) is 0. The van der Waals surface area contributed by atoms with E-state index in [2.05, 4.69) is 15.0 Å². The number of ether oxygens (including phenoxy) is 2. The molecule has 28 heavy (non-hydrogen) atoms. The highest BCUT2D eigenvalue weighted by molar-refractivity contribution is 6.30. The van der Waals surface area contributed by atoms with Gasteiger partial charge in [0.25, 0.3) is 0 Å². The molecule has 3 heterocycles. The second kappa shape index (κ2) is 8.58. The Hall–Kier alpha value is -2.64. The number of carbonyl (C=O) groups excluding carboxylic acids is 1. The van der Waals surface area contributed by atoms with E-state index in [0.29, 0.717) is 49.9 Å². The Morgan fingerprint density at radius 1 is 1.36 bits per heavy atom. The molecule has 2 aromatic heterocycles. The van der Waals surface area contributed by atoms with Crippen molar-refractivity contribution >= 4 is 28.5 Å². The third-order valence-corrected chi connectivity index (χ3v) is 4.83. The van der Waals surface area contributed by atoms with Crippen LogP contribution in [0.15, 0.2) is 42.7 Å². The Labute approximate surface area is 167 Å². The van der Waals surface area contributed by atoms with Crippen LogP contribution < -0.4 is 4.74 Å². The number of nitrogens with one attached hydrogen (secondary N) is 1. The number of aromatic nitrogens is 3. The highest BCUT2D eigenvalue weighted by atomic mass is 35.5. The van der Waals surface area contributed by atoms with E-state index >= 15 is 0 Å². The minimum absolute atomic E-state index is 0.0955. The largest absolute Gasteiger partial charge is 0.489 e. The van der Waals surface area contributed by atoms with E-state index in [-0.39, 0.29) is 12.0 Å². The van der Waals surface area contributed by atoms with Crippen LogP contribution in [-0.4, -0.2) is 58.2 Å². The molecule has 3 aromatic rings. The number of hydrogen-bond acceptors (Lipinski definition) is 5. The summed E-state index contributed by atoms with van der Waals surface area (Å²) in [5, 5.41) is 0.518. The zero-order valence-electron chi connectivity index (χ0n) is 15.3. The van der Waals surface area contributed by atoms with Crippen LogP contribution in [0.4, 0.5) is 0 Å². The van der Waals surface area contributed by atoms with Crippen LogP contribution >= 0.6 is 11.6 Å². The van der Waals surface area contributed by atoms with Crippen LogP contribution in [0.1, 0.15) is 12.2 Å². The van der Waals surface area contributed by atoms with Gasteiger partial charge in [-0.1, -0.05) is 23.7 Å². The van der Waals surface area contributed by atoms with Crippen molar-refractivity contribution in [1.29, 1.82) is 0 Å². The number of halogens is 1. The van der Waals surface area contributed by atoms with Crippen molar-refractivity contribution in [2.45, 2.75) is 18.9 Å². The van der Waals surface area contributed by atoms with Gasteiger partial charge in [0, 0.05) is 31.6 Å². The van der Waals surface area contributed by atoms with Gasteiger partial charge in [-0.25, -0.2) is 4.98 Å². The number of aromatic amines is 1. The summed E-state index contributed by atoms with van der Waals surface area (Å²) in [5.41, 5.74) is 1.91. The molecule has 8 heteroatoms. The van der Waals surface area contributed by atoms with E-state index in [1.807, 2.05) is 29.2 Å². The highest BCUT2D eigenvalue weighted by Gasteiger charge is 2.24. The maximum atomic E-state index is 12.6. The molecule has 1 atom stereocenters. The first kappa shape index (κ1) is 18.7. The van der Waals surface area contributed by atoms with Gasteiger partial charge in [0.1, 0.15) is 24.3 Å². The van der Waals surface area contributed by atoms with Crippen molar-refractivity contribution in [1.82, 2.24) is 19.9 Å². The predicted octanol–water partition coefficient (Wildman–Crippen LogP) is 2.85. The molecule has 0 aliphatic carbocycles. The van der Waals surface area contributed by atoms with E-state index in [0.717, 1.165) is 16.9 Å². The average Bonchev–Trinajstić information content (AvgIpc) is 3.14.